The van der Waals surface area contributed by atoms with E-state index in [0.717, 1.165) is 11.3 Å². The molecule has 1 amide bonds. The number of carboxylic acids is 1. The molecule has 0 aromatic heterocycles. The molecule has 2 aromatic carbocycles. The van der Waals surface area contributed by atoms with E-state index in [-0.39, 0.29) is 11.5 Å². The molecular formula is C17H17NO3S. The molecule has 0 aliphatic rings. The normalized spacial score (nSPS) is 11.7. The van der Waals surface area contributed by atoms with Gasteiger partial charge in [0, 0.05) is 10.6 Å². The van der Waals surface area contributed by atoms with Gasteiger partial charge in [-0.2, -0.15) is 0 Å². The number of hydrogen-bond donors (Lipinski definition) is 2. The molecule has 0 saturated carbocycles. The summed E-state index contributed by atoms with van der Waals surface area (Å²) >= 11 is 1.24. The lowest BCUT2D eigenvalue weighted by atomic mass is 10.2. The molecule has 0 spiro atoms. The van der Waals surface area contributed by atoms with Crippen molar-refractivity contribution >= 4 is 29.3 Å². The number of anilines is 1. The van der Waals surface area contributed by atoms with Gasteiger partial charge in [-0.05, 0) is 43.7 Å². The van der Waals surface area contributed by atoms with Gasteiger partial charge in [0.15, 0.2) is 0 Å². The van der Waals surface area contributed by atoms with Gasteiger partial charge in [-0.15, -0.1) is 11.8 Å². The van der Waals surface area contributed by atoms with Gasteiger partial charge in [0.2, 0.25) is 5.91 Å². The molecule has 5 heteroatoms. The van der Waals surface area contributed by atoms with E-state index in [9.17, 15) is 9.59 Å². The fourth-order valence-corrected chi connectivity index (χ4v) is 2.94. The number of thioether (sulfide) groups is 1. The number of carbonyl (C=O) groups excluding carboxylic acids is 1. The van der Waals surface area contributed by atoms with Crippen LogP contribution in [0.2, 0.25) is 0 Å². The summed E-state index contributed by atoms with van der Waals surface area (Å²) in [6.07, 6.45) is 0. The van der Waals surface area contributed by atoms with Gasteiger partial charge in [0.1, 0.15) is 0 Å². The zero-order valence-corrected chi connectivity index (χ0v) is 13.2. The number of carbonyl (C=O) groups is 2. The van der Waals surface area contributed by atoms with Gasteiger partial charge in [-0.3, -0.25) is 4.79 Å². The maximum absolute atomic E-state index is 12.2. The lowest BCUT2D eigenvalue weighted by Gasteiger charge is -2.13. The van der Waals surface area contributed by atoms with Crippen LogP contribution in [0.3, 0.4) is 0 Å². The van der Waals surface area contributed by atoms with E-state index in [1.165, 1.54) is 17.8 Å². The predicted octanol–water partition coefficient (Wildman–Crippen LogP) is 3.81. The molecule has 0 fully saturated rings. The largest absolute Gasteiger partial charge is 0.478 e. The number of amides is 1. The summed E-state index contributed by atoms with van der Waals surface area (Å²) in [6, 6.07) is 14.2. The molecular weight excluding hydrogens is 298 g/mol. The Morgan fingerprint density at radius 3 is 2.55 bits per heavy atom. The third kappa shape index (κ3) is 4.11. The van der Waals surface area contributed by atoms with Crippen molar-refractivity contribution in [1.82, 2.24) is 0 Å². The monoisotopic (exact) mass is 315 g/mol. The first kappa shape index (κ1) is 16.1. The van der Waals surface area contributed by atoms with Gasteiger partial charge in [-0.1, -0.05) is 24.3 Å². The smallest absolute Gasteiger partial charge is 0.336 e. The van der Waals surface area contributed by atoms with E-state index in [1.807, 2.05) is 31.2 Å². The molecule has 0 unspecified atom stereocenters. The van der Waals surface area contributed by atoms with Crippen molar-refractivity contribution in [3.05, 3.63) is 59.7 Å². The minimum atomic E-state index is -0.991. The Bertz CT molecular complexity index is 700. The van der Waals surface area contributed by atoms with Crippen LogP contribution >= 0.6 is 11.8 Å². The summed E-state index contributed by atoms with van der Waals surface area (Å²) in [5.74, 6) is -1.15. The van der Waals surface area contributed by atoms with E-state index in [4.69, 9.17) is 5.11 Å². The van der Waals surface area contributed by atoms with Crippen molar-refractivity contribution in [2.24, 2.45) is 0 Å². The van der Waals surface area contributed by atoms with Gasteiger partial charge in [0.05, 0.1) is 10.8 Å². The highest BCUT2D eigenvalue weighted by molar-refractivity contribution is 8.00. The summed E-state index contributed by atoms with van der Waals surface area (Å²) in [6.45, 7) is 3.71. The van der Waals surface area contributed by atoms with Crippen LogP contribution in [0.5, 0.6) is 0 Å². The molecule has 4 nitrogen and oxygen atoms in total. The summed E-state index contributed by atoms with van der Waals surface area (Å²) in [5, 5.41) is 11.6. The SMILES string of the molecule is Cc1cccc(NC(=O)[C@H](C)Sc2ccccc2C(=O)O)c1. The fraction of sp³-hybridized carbons (Fsp3) is 0.176. The van der Waals surface area contributed by atoms with Gasteiger partial charge in [-0.25, -0.2) is 4.79 Å². The van der Waals surface area contributed by atoms with Crippen LogP contribution in [0.15, 0.2) is 53.4 Å². The molecule has 1 atom stereocenters. The highest BCUT2D eigenvalue weighted by Crippen LogP contribution is 2.27. The number of rotatable bonds is 5. The molecule has 2 aromatic rings. The molecule has 0 aliphatic heterocycles. The van der Waals surface area contributed by atoms with Crippen LogP contribution in [-0.2, 0) is 4.79 Å². The third-order valence-corrected chi connectivity index (χ3v) is 4.25. The van der Waals surface area contributed by atoms with Crippen LogP contribution in [-0.4, -0.2) is 22.2 Å². The Kier molecular flexibility index (Phi) is 5.22. The summed E-state index contributed by atoms with van der Waals surface area (Å²) in [5.41, 5.74) is 2.01. The Morgan fingerprint density at radius 1 is 1.14 bits per heavy atom. The number of nitrogens with one attached hydrogen (secondary N) is 1. The first-order valence-corrected chi connectivity index (χ1v) is 7.72. The zero-order valence-electron chi connectivity index (χ0n) is 12.4. The molecule has 114 valence electrons. The van der Waals surface area contributed by atoms with Crippen LogP contribution < -0.4 is 5.32 Å². The number of aromatic carboxylic acids is 1. The molecule has 22 heavy (non-hydrogen) atoms. The van der Waals surface area contributed by atoms with Crippen molar-refractivity contribution in [3.8, 4) is 0 Å². The topological polar surface area (TPSA) is 66.4 Å². The van der Waals surface area contributed by atoms with E-state index in [2.05, 4.69) is 5.32 Å². The third-order valence-electron chi connectivity index (χ3n) is 3.08. The lowest BCUT2D eigenvalue weighted by molar-refractivity contribution is -0.115. The fourth-order valence-electron chi connectivity index (χ4n) is 1.96. The van der Waals surface area contributed by atoms with E-state index in [1.54, 1.807) is 25.1 Å². The van der Waals surface area contributed by atoms with E-state index in [0.29, 0.717) is 4.90 Å². The summed E-state index contributed by atoms with van der Waals surface area (Å²) in [7, 11) is 0. The number of aryl methyl sites for hydroxylation is 1. The molecule has 0 saturated heterocycles. The molecule has 0 bridgehead atoms. The number of carboxylic acid groups (broad SMARTS) is 1. The highest BCUT2D eigenvalue weighted by atomic mass is 32.2. The van der Waals surface area contributed by atoms with Crippen molar-refractivity contribution in [2.45, 2.75) is 24.0 Å². The van der Waals surface area contributed by atoms with Crippen molar-refractivity contribution < 1.29 is 14.7 Å². The number of hydrogen-bond acceptors (Lipinski definition) is 3. The maximum atomic E-state index is 12.2. The van der Waals surface area contributed by atoms with E-state index >= 15 is 0 Å². The average Bonchev–Trinajstić information content (AvgIpc) is 2.47. The van der Waals surface area contributed by atoms with Crippen molar-refractivity contribution in [1.29, 1.82) is 0 Å². The second-order valence-electron chi connectivity index (χ2n) is 4.92. The van der Waals surface area contributed by atoms with Crippen LogP contribution in [0, 0.1) is 6.92 Å². The summed E-state index contributed by atoms with van der Waals surface area (Å²) < 4.78 is 0. The van der Waals surface area contributed by atoms with Crippen LogP contribution in [0.1, 0.15) is 22.8 Å². The zero-order chi connectivity index (χ0) is 16.1. The van der Waals surface area contributed by atoms with Crippen molar-refractivity contribution in [2.75, 3.05) is 5.32 Å². The van der Waals surface area contributed by atoms with Gasteiger partial charge in [0.25, 0.3) is 0 Å². The predicted molar refractivity (Wildman–Crippen MR) is 88.5 cm³/mol. The van der Waals surface area contributed by atoms with E-state index < -0.39 is 11.2 Å². The minimum absolute atomic E-state index is 0.157. The molecule has 0 aliphatic carbocycles. The molecule has 0 heterocycles. The second-order valence-corrected chi connectivity index (χ2v) is 6.30. The minimum Gasteiger partial charge on any atom is -0.478 e. The molecule has 2 rings (SSSR count). The number of benzene rings is 2. The van der Waals surface area contributed by atoms with Crippen molar-refractivity contribution in [3.63, 3.8) is 0 Å². The Labute approximate surface area is 133 Å². The second kappa shape index (κ2) is 7.13. The molecule has 0 radical (unpaired) electrons. The summed E-state index contributed by atoms with van der Waals surface area (Å²) in [4.78, 5) is 24.0. The lowest BCUT2D eigenvalue weighted by Crippen LogP contribution is -2.22. The Morgan fingerprint density at radius 2 is 1.86 bits per heavy atom. The molecule has 2 N–H and O–H groups in total. The van der Waals surface area contributed by atoms with Gasteiger partial charge >= 0.3 is 5.97 Å². The van der Waals surface area contributed by atoms with Crippen LogP contribution in [0.4, 0.5) is 5.69 Å². The standard InChI is InChI=1S/C17H17NO3S/c1-11-6-5-7-13(10-11)18-16(19)12(2)22-15-9-4-3-8-14(15)17(20)21/h3-10,12H,1-2H3,(H,18,19)(H,20,21)/t12-/m0/s1. The van der Waals surface area contributed by atoms with Gasteiger partial charge < -0.3 is 10.4 Å². The Hall–Kier alpha value is -2.27. The maximum Gasteiger partial charge on any atom is 0.336 e. The Balaban J connectivity index is 2.07. The quantitative estimate of drug-likeness (QED) is 0.823. The highest BCUT2D eigenvalue weighted by Gasteiger charge is 2.18. The average molecular weight is 315 g/mol. The first-order valence-electron chi connectivity index (χ1n) is 6.84. The van der Waals surface area contributed by atoms with Crippen LogP contribution in [0.25, 0.3) is 0 Å². The first-order chi connectivity index (χ1) is 10.5.